The standard InChI is InChI=1S/C11H15N3O2/c1-3-4-8-11(15)13-7-5-6-9(16-2)14-10(7)12-8/h5-6,8H,3-4H2,1-2H3,(H,12,14)(H,13,15). The van der Waals surface area contributed by atoms with Crippen LogP contribution in [0.25, 0.3) is 0 Å². The first-order valence-electron chi connectivity index (χ1n) is 5.37. The van der Waals surface area contributed by atoms with E-state index in [1.165, 1.54) is 0 Å². The van der Waals surface area contributed by atoms with Crippen LogP contribution in [0.5, 0.6) is 5.88 Å². The maximum Gasteiger partial charge on any atom is 0.247 e. The van der Waals surface area contributed by atoms with E-state index in [1.807, 2.05) is 6.92 Å². The molecule has 5 nitrogen and oxygen atoms in total. The Morgan fingerprint density at radius 1 is 1.50 bits per heavy atom. The van der Waals surface area contributed by atoms with Crippen LogP contribution in [0.4, 0.5) is 11.5 Å². The fraction of sp³-hybridized carbons (Fsp3) is 0.455. The lowest BCUT2D eigenvalue weighted by Gasteiger charge is -2.25. The topological polar surface area (TPSA) is 63.3 Å². The highest BCUT2D eigenvalue weighted by Gasteiger charge is 2.25. The molecule has 0 bridgehead atoms. The number of pyridine rings is 1. The largest absolute Gasteiger partial charge is 0.481 e. The Balaban J connectivity index is 2.25. The second kappa shape index (κ2) is 4.38. The fourth-order valence-electron chi connectivity index (χ4n) is 1.71. The van der Waals surface area contributed by atoms with Crippen LogP contribution in [-0.2, 0) is 4.79 Å². The Morgan fingerprint density at radius 2 is 2.31 bits per heavy atom. The summed E-state index contributed by atoms with van der Waals surface area (Å²) >= 11 is 0. The molecule has 0 aromatic carbocycles. The highest BCUT2D eigenvalue weighted by molar-refractivity contribution is 6.02. The summed E-state index contributed by atoms with van der Waals surface area (Å²) in [6.45, 7) is 2.05. The van der Waals surface area contributed by atoms with Crippen molar-refractivity contribution in [1.29, 1.82) is 0 Å². The number of anilines is 2. The van der Waals surface area contributed by atoms with E-state index in [-0.39, 0.29) is 11.9 Å². The van der Waals surface area contributed by atoms with Crippen molar-refractivity contribution in [3.63, 3.8) is 0 Å². The molecule has 1 aromatic heterocycles. The highest BCUT2D eigenvalue weighted by Crippen LogP contribution is 2.27. The van der Waals surface area contributed by atoms with Gasteiger partial charge in [0.25, 0.3) is 0 Å². The Kier molecular flexibility index (Phi) is 2.94. The minimum atomic E-state index is -0.197. The lowest BCUT2D eigenvalue weighted by molar-refractivity contribution is -0.117. The quantitative estimate of drug-likeness (QED) is 0.814. The van der Waals surface area contributed by atoms with Crippen molar-refractivity contribution in [3.8, 4) is 5.88 Å². The van der Waals surface area contributed by atoms with E-state index < -0.39 is 0 Å². The molecule has 1 unspecified atom stereocenters. The number of nitrogens with one attached hydrogen (secondary N) is 2. The van der Waals surface area contributed by atoms with Gasteiger partial charge in [-0.15, -0.1) is 0 Å². The van der Waals surface area contributed by atoms with Gasteiger partial charge in [-0.2, -0.15) is 4.98 Å². The van der Waals surface area contributed by atoms with E-state index in [4.69, 9.17) is 4.74 Å². The number of nitrogens with zero attached hydrogens (tertiary/aromatic N) is 1. The first kappa shape index (κ1) is 10.7. The van der Waals surface area contributed by atoms with Crippen molar-refractivity contribution in [3.05, 3.63) is 12.1 Å². The monoisotopic (exact) mass is 221 g/mol. The summed E-state index contributed by atoms with van der Waals surface area (Å²) in [6.07, 6.45) is 1.74. The zero-order valence-electron chi connectivity index (χ0n) is 9.41. The number of ether oxygens (including phenoxy) is 1. The van der Waals surface area contributed by atoms with Crippen LogP contribution in [0, 0.1) is 0 Å². The average Bonchev–Trinajstić information content (AvgIpc) is 2.30. The van der Waals surface area contributed by atoms with Gasteiger partial charge in [-0.3, -0.25) is 4.79 Å². The number of fused-ring (bicyclic) bond motifs is 1. The Labute approximate surface area is 94.2 Å². The number of hydrogen-bond donors (Lipinski definition) is 2. The summed E-state index contributed by atoms with van der Waals surface area (Å²) in [7, 11) is 1.57. The second-order valence-electron chi connectivity index (χ2n) is 3.72. The third-order valence-corrected chi connectivity index (χ3v) is 2.54. The van der Waals surface area contributed by atoms with Crippen molar-refractivity contribution < 1.29 is 9.53 Å². The maximum atomic E-state index is 11.7. The molecular formula is C11H15N3O2. The molecule has 1 aliphatic heterocycles. The van der Waals surface area contributed by atoms with Gasteiger partial charge >= 0.3 is 0 Å². The van der Waals surface area contributed by atoms with E-state index in [2.05, 4.69) is 15.6 Å². The normalized spacial score (nSPS) is 18.4. The number of rotatable bonds is 3. The summed E-state index contributed by atoms with van der Waals surface area (Å²) in [5, 5.41) is 5.95. The van der Waals surface area contributed by atoms with Gasteiger partial charge in [-0.05, 0) is 12.5 Å². The van der Waals surface area contributed by atoms with Crippen molar-refractivity contribution in [1.82, 2.24) is 4.98 Å². The molecule has 0 spiro atoms. The molecule has 2 rings (SSSR count). The lowest BCUT2D eigenvalue weighted by atomic mass is 10.1. The van der Waals surface area contributed by atoms with Gasteiger partial charge in [-0.25, -0.2) is 0 Å². The maximum absolute atomic E-state index is 11.7. The van der Waals surface area contributed by atoms with Crippen LogP contribution in [-0.4, -0.2) is 24.0 Å². The molecule has 1 aromatic rings. The molecule has 2 N–H and O–H groups in total. The van der Waals surface area contributed by atoms with E-state index in [0.29, 0.717) is 17.4 Å². The first-order chi connectivity index (χ1) is 7.74. The summed E-state index contributed by atoms with van der Waals surface area (Å²) < 4.78 is 5.04. The van der Waals surface area contributed by atoms with Gasteiger partial charge in [0.2, 0.25) is 11.8 Å². The number of hydrogen-bond acceptors (Lipinski definition) is 4. The third-order valence-electron chi connectivity index (χ3n) is 2.54. The van der Waals surface area contributed by atoms with Crippen LogP contribution >= 0.6 is 0 Å². The van der Waals surface area contributed by atoms with Crippen molar-refractivity contribution in [2.45, 2.75) is 25.8 Å². The van der Waals surface area contributed by atoms with Crippen LogP contribution in [0.2, 0.25) is 0 Å². The van der Waals surface area contributed by atoms with Crippen LogP contribution in [0.15, 0.2) is 12.1 Å². The minimum absolute atomic E-state index is 0.00122. The van der Waals surface area contributed by atoms with Gasteiger partial charge in [0.15, 0.2) is 5.82 Å². The minimum Gasteiger partial charge on any atom is -0.481 e. The van der Waals surface area contributed by atoms with E-state index in [9.17, 15) is 4.79 Å². The van der Waals surface area contributed by atoms with Crippen molar-refractivity contribution in [2.75, 3.05) is 17.7 Å². The molecule has 16 heavy (non-hydrogen) atoms. The second-order valence-corrected chi connectivity index (χ2v) is 3.72. The predicted molar refractivity (Wildman–Crippen MR) is 61.7 cm³/mol. The molecule has 2 heterocycles. The molecule has 1 atom stereocenters. The van der Waals surface area contributed by atoms with Gasteiger partial charge in [-0.1, -0.05) is 13.3 Å². The van der Waals surface area contributed by atoms with Crippen molar-refractivity contribution >= 4 is 17.4 Å². The molecule has 0 aliphatic carbocycles. The fourth-order valence-corrected chi connectivity index (χ4v) is 1.71. The van der Waals surface area contributed by atoms with E-state index >= 15 is 0 Å². The van der Waals surface area contributed by atoms with Gasteiger partial charge in [0.05, 0.1) is 12.8 Å². The molecule has 0 radical (unpaired) electrons. The molecule has 0 saturated heterocycles. The molecular weight excluding hydrogens is 206 g/mol. The van der Waals surface area contributed by atoms with Crippen LogP contribution < -0.4 is 15.4 Å². The zero-order valence-corrected chi connectivity index (χ0v) is 9.41. The molecule has 0 fully saturated rings. The Morgan fingerprint density at radius 3 is 3.00 bits per heavy atom. The van der Waals surface area contributed by atoms with Crippen LogP contribution in [0.1, 0.15) is 19.8 Å². The summed E-state index contributed by atoms with van der Waals surface area (Å²) in [5.74, 6) is 1.22. The molecule has 86 valence electrons. The first-order valence-corrected chi connectivity index (χ1v) is 5.37. The number of aromatic nitrogens is 1. The summed E-state index contributed by atoms with van der Waals surface area (Å²) in [5.41, 5.74) is 0.707. The highest BCUT2D eigenvalue weighted by atomic mass is 16.5. The number of carbonyl (C=O) groups is 1. The van der Waals surface area contributed by atoms with Gasteiger partial charge in [0.1, 0.15) is 6.04 Å². The summed E-state index contributed by atoms with van der Waals surface area (Å²) in [4.78, 5) is 15.9. The smallest absolute Gasteiger partial charge is 0.247 e. The van der Waals surface area contributed by atoms with Gasteiger partial charge < -0.3 is 15.4 Å². The average molecular weight is 221 g/mol. The number of amides is 1. The SMILES string of the molecule is CCCC1Nc2nc(OC)ccc2NC1=O. The molecule has 1 amide bonds. The van der Waals surface area contributed by atoms with E-state index in [0.717, 1.165) is 12.8 Å². The number of methoxy groups -OCH3 is 1. The molecule has 1 aliphatic rings. The van der Waals surface area contributed by atoms with Gasteiger partial charge in [0, 0.05) is 6.07 Å². The van der Waals surface area contributed by atoms with Crippen LogP contribution in [0.3, 0.4) is 0 Å². The Bertz CT molecular complexity index is 406. The molecule has 5 heteroatoms. The number of carbonyl (C=O) groups excluding carboxylic acids is 1. The van der Waals surface area contributed by atoms with Crippen molar-refractivity contribution in [2.24, 2.45) is 0 Å². The molecule has 0 saturated carbocycles. The lowest BCUT2D eigenvalue weighted by Crippen LogP contribution is -2.39. The summed E-state index contributed by atoms with van der Waals surface area (Å²) in [6, 6.07) is 3.31. The zero-order chi connectivity index (χ0) is 11.5. The Hall–Kier alpha value is -1.78. The third kappa shape index (κ3) is 1.93. The predicted octanol–water partition coefficient (Wildman–Crippen LogP) is 1.62. The van der Waals surface area contributed by atoms with E-state index in [1.54, 1.807) is 19.2 Å².